The van der Waals surface area contributed by atoms with Gasteiger partial charge >= 0.3 is 5.97 Å². The third-order valence-corrected chi connectivity index (χ3v) is 1.32. The summed E-state index contributed by atoms with van der Waals surface area (Å²) in [4.78, 5) is 13.6. The Kier molecular flexibility index (Phi) is 32.3. The summed E-state index contributed by atoms with van der Waals surface area (Å²) < 4.78 is 9.24. The molecule has 1 aromatic rings. The van der Waals surface area contributed by atoms with Crippen LogP contribution in [0.3, 0.4) is 0 Å². The van der Waals surface area contributed by atoms with Crippen molar-refractivity contribution in [3.8, 4) is 0 Å². The van der Waals surface area contributed by atoms with Gasteiger partial charge in [0.25, 0.3) is 0 Å². The minimum Gasteiger partial charge on any atom is -0.466 e. The number of carbonyl (C=O) groups excluding carboxylic acids is 1. The van der Waals surface area contributed by atoms with E-state index in [1.807, 2.05) is 32.0 Å². The van der Waals surface area contributed by atoms with Gasteiger partial charge < -0.3 is 9.47 Å². The van der Waals surface area contributed by atoms with Crippen molar-refractivity contribution in [1.29, 1.82) is 0 Å². The number of esters is 1. The smallest absolute Gasteiger partial charge is 0.302 e. The Morgan fingerprint density at radius 3 is 1.50 bits per heavy atom. The highest BCUT2D eigenvalue weighted by molar-refractivity contribution is 6.40. The maximum absolute atomic E-state index is 9.82. The maximum Gasteiger partial charge on any atom is 0.302 e. The molecule has 0 saturated heterocycles. The molecule has 0 bridgehead atoms. The molecule has 1 rings (SSSR count). The Morgan fingerprint density at radius 2 is 1.45 bits per heavy atom. The Labute approximate surface area is 132 Å². The number of carbonyl (C=O) groups is 1. The van der Waals surface area contributed by atoms with Gasteiger partial charge in [0.1, 0.15) is 0 Å². The molecule has 118 valence electrons. The van der Waals surface area contributed by atoms with E-state index in [4.69, 9.17) is 27.9 Å². The molecule has 0 aliphatic carbocycles. The van der Waals surface area contributed by atoms with E-state index in [2.05, 4.69) is 9.72 Å². The van der Waals surface area contributed by atoms with E-state index in [1.165, 1.54) is 6.92 Å². The monoisotopic (exact) mass is 325 g/mol. The fourth-order valence-corrected chi connectivity index (χ4v) is 0.720. The molecule has 0 N–H and O–H groups in total. The number of ether oxygens (including phenoxy) is 2. The average molecular weight is 326 g/mol. The molecule has 0 aromatic carbocycles. The fraction of sp³-hybridized carbons (Fsp3) is 0.571. The molecule has 0 aliphatic heterocycles. The zero-order valence-corrected chi connectivity index (χ0v) is 14.2. The van der Waals surface area contributed by atoms with Gasteiger partial charge in [0.15, 0.2) is 0 Å². The molecule has 0 spiro atoms. The third-order valence-electron chi connectivity index (χ3n) is 1.32. The van der Waals surface area contributed by atoms with Crippen LogP contribution < -0.4 is 0 Å². The van der Waals surface area contributed by atoms with Crippen molar-refractivity contribution in [2.75, 3.05) is 25.2 Å². The van der Waals surface area contributed by atoms with Gasteiger partial charge in [-0.1, -0.05) is 6.07 Å². The Hall–Kier alpha value is -0.840. The highest BCUT2D eigenvalue weighted by Crippen LogP contribution is 1.74. The minimum atomic E-state index is -0.211. The van der Waals surface area contributed by atoms with E-state index in [0.29, 0.717) is 6.61 Å². The van der Waals surface area contributed by atoms with E-state index >= 15 is 0 Å². The first-order valence-electron chi connectivity index (χ1n) is 6.28. The Bertz CT molecular complexity index is 233. The summed E-state index contributed by atoms with van der Waals surface area (Å²) in [6.07, 6.45) is 3.50. The number of halogens is 2. The molecular formula is C14H25Cl2NO3. The molecule has 1 heterocycles. The van der Waals surface area contributed by atoms with Gasteiger partial charge in [0.05, 0.1) is 11.9 Å². The summed E-state index contributed by atoms with van der Waals surface area (Å²) in [5.41, 5.74) is 0. The van der Waals surface area contributed by atoms with Crippen molar-refractivity contribution < 1.29 is 14.3 Å². The lowest BCUT2D eigenvalue weighted by atomic mass is 10.5. The zero-order valence-electron chi connectivity index (χ0n) is 12.6. The van der Waals surface area contributed by atoms with Crippen LogP contribution >= 0.6 is 23.2 Å². The second kappa shape index (κ2) is 26.7. The second-order valence-corrected chi connectivity index (χ2v) is 3.64. The summed E-state index contributed by atoms with van der Waals surface area (Å²) in [5, 5.41) is 0.194. The van der Waals surface area contributed by atoms with Gasteiger partial charge in [-0.3, -0.25) is 9.78 Å². The van der Waals surface area contributed by atoms with Crippen LogP contribution in [0.25, 0.3) is 0 Å². The zero-order chi connectivity index (χ0) is 16.1. The predicted molar refractivity (Wildman–Crippen MR) is 85.3 cm³/mol. The van der Waals surface area contributed by atoms with E-state index in [0.717, 1.165) is 13.2 Å². The lowest BCUT2D eigenvalue weighted by Crippen LogP contribution is -1.95. The highest BCUT2D eigenvalue weighted by atomic mass is 35.5. The van der Waals surface area contributed by atoms with Crippen LogP contribution in [0.2, 0.25) is 0 Å². The van der Waals surface area contributed by atoms with Crippen LogP contribution in [-0.2, 0) is 14.3 Å². The van der Waals surface area contributed by atoms with Crippen molar-refractivity contribution in [3.05, 3.63) is 30.6 Å². The number of rotatable bonds is 3. The van der Waals surface area contributed by atoms with Gasteiger partial charge in [-0.05, 0) is 32.9 Å². The topological polar surface area (TPSA) is 48.4 Å². The van der Waals surface area contributed by atoms with E-state index < -0.39 is 0 Å². The molecule has 20 heavy (non-hydrogen) atoms. The van der Waals surface area contributed by atoms with Crippen molar-refractivity contribution in [1.82, 2.24) is 4.98 Å². The van der Waals surface area contributed by atoms with Crippen molar-refractivity contribution in [3.63, 3.8) is 0 Å². The number of alkyl halides is 2. The van der Waals surface area contributed by atoms with Gasteiger partial charge in [-0.2, -0.15) is 0 Å². The first-order chi connectivity index (χ1) is 9.60. The van der Waals surface area contributed by atoms with Crippen molar-refractivity contribution >= 4 is 29.2 Å². The molecule has 0 fully saturated rings. The lowest BCUT2D eigenvalue weighted by Gasteiger charge is -1.89. The molecule has 0 radical (unpaired) electrons. The summed E-state index contributed by atoms with van der Waals surface area (Å²) in [6, 6.07) is 5.72. The summed E-state index contributed by atoms with van der Waals surface area (Å²) in [5.74, 6) is -0.211. The van der Waals surface area contributed by atoms with Crippen LogP contribution in [-0.4, -0.2) is 36.1 Å². The molecule has 0 unspecified atom stereocenters. The summed E-state index contributed by atoms with van der Waals surface area (Å²) in [6.45, 7) is 9.32. The van der Waals surface area contributed by atoms with E-state index in [1.54, 1.807) is 19.3 Å². The molecule has 4 nitrogen and oxygen atoms in total. The SMILES string of the molecule is CCOC(C)=O.CCOCC.ClCCl.c1ccncc1. The normalized spacial score (nSPS) is 7.70. The first kappa shape index (κ1) is 24.2. The Balaban J connectivity index is -0.000000199. The van der Waals surface area contributed by atoms with Gasteiger partial charge in [-0.25, -0.2) is 0 Å². The van der Waals surface area contributed by atoms with Gasteiger partial charge in [0, 0.05) is 32.5 Å². The van der Waals surface area contributed by atoms with Crippen LogP contribution in [0, 0.1) is 0 Å². The largest absolute Gasteiger partial charge is 0.466 e. The maximum atomic E-state index is 9.82. The molecular weight excluding hydrogens is 301 g/mol. The number of hydrogen-bond acceptors (Lipinski definition) is 4. The molecule has 0 saturated carbocycles. The molecule has 6 heteroatoms. The van der Waals surface area contributed by atoms with E-state index in [9.17, 15) is 4.79 Å². The second-order valence-electron chi connectivity index (χ2n) is 2.83. The molecule has 0 atom stereocenters. The lowest BCUT2D eigenvalue weighted by molar-refractivity contribution is -0.140. The quantitative estimate of drug-likeness (QED) is 0.619. The summed E-state index contributed by atoms with van der Waals surface area (Å²) >= 11 is 9.53. The molecule has 0 amide bonds. The Morgan fingerprint density at radius 1 is 1.00 bits per heavy atom. The number of hydrogen-bond donors (Lipinski definition) is 0. The van der Waals surface area contributed by atoms with Crippen LogP contribution in [0.1, 0.15) is 27.7 Å². The van der Waals surface area contributed by atoms with Crippen LogP contribution in [0.15, 0.2) is 30.6 Å². The standard InChI is InChI=1S/C5H5N.C4H8O2.C4H10O.CH2Cl2/c1-2-4-6-5-3-1;1-3-6-4(2)5;1-3-5-4-2;2-1-3/h1-5H;3H2,1-2H3;3-4H2,1-2H3;1H2. The van der Waals surface area contributed by atoms with Gasteiger partial charge in [0.2, 0.25) is 0 Å². The number of nitrogens with zero attached hydrogens (tertiary/aromatic N) is 1. The molecule has 1 aromatic heterocycles. The third kappa shape index (κ3) is 43.4. The van der Waals surface area contributed by atoms with Crippen molar-refractivity contribution in [2.24, 2.45) is 0 Å². The minimum absolute atomic E-state index is 0.194. The fourth-order valence-electron chi connectivity index (χ4n) is 0.720. The van der Waals surface area contributed by atoms with Crippen LogP contribution in [0.5, 0.6) is 0 Å². The van der Waals surface area contributed by atoms with Crippen LogP contribution in [0.4, 0.5) is 0 Å². The first-order valence-corrected chi connectivity index (χ1v) is 7.35. The van der Waals surface area contributed by atoms with E-state index in [-0.39, 0.29) is 11.3 Å². The highest BCUT2D eigenvalue weighted by Gasteiger charge is 1.81. The average Bonchev–Trinajstić information content (AvgIpc) is 2.44. The number of aromatic nitrogens is 1. The summed E-state index contributed by atoms with van der Waals surface area (Å²) in [7, 11) is 0. The van der Waals surface area contributed by atoms with Gasteiger partial charge in [-0.15, -0.1) is 23.2 Å². The predicted octanol–water partition coefficient (Wildman–Crippen LogP) is 4.12. The number of pyridine rings is 1. The molecule has 0 aliphatic rings. The van der Waals surface area contributed by atoms with Crippen molar-refractivity contribution in [2.45, 2.75) is 27.7 Å².